The fourth-order valence-corrected chi connectivity index (χ4v) is 4.29. The van der Waals surface area contributed by atoms with Gasteiger partial charge in [0.1, 0.15) is 4.83 Å². The molecular formula is C23H21N3O3S. The summed E-state index contributed by atoms with van der Waals surface area (Å²) >= 11 is 1.36. The fraction of sp³-hybridized carbons (Fsp3) is 0.217. The van der Waals surface area contributed by atoms with Gasteiger partial charge in [0.05, 0.1) is 23.2 Å². The van der Waals surface area contributed by atoms with E-state index in [9.17, 15) is 14.9 Å². The minimum atomic E-state index is -0.435. The lowest BCUT2D eigenvalue weighted by atomic mass is 9.87. The molecule has 0 aliphatic heterocycles. The number of hydrogen-bond donors (Lipinski definition) is 0. The predicted octanol–water partition coefficient (Wildman–Crippen LogP) is 5.38. The first-order valence-corrected chi connectivity index (χ1v) is 10.4. The monoisotopic (exact) mass is 419 g/mol. The van der Waals surface area contributed by atoms with E-state index < -0.39 is 4.92 Å². The normalized spacial score (nSPS) is 11.7. The van der Waals surface area contributed by atoms with Crippen LogP contribution in [0.15, 0.2) is 65.0 Å². The zero-order valence-electron chi connectivity index (χ0n) is 17.0. The van der Waals surface area contributed by atoms with E-state index in [2.05, 4.69) is 37.9 Å². The van der Waals surface area contributed by atoms with Crippen molar-refractivity contribution in [3.8, 4) is 11.1 Å². The molecule has 2 aromatic carbocycles. The summed E-state index contributed by atoms with van der Waals surface area (Å²) in [5, 5.41) is 13.5. The maximum atomic E-state index is 13.2. The van der Waals surface area contributed by atoms with Gasteiger partial charge < -0.3 is 0 Å². The van der Waals surface area contributed by atoms with Crippen LogP contribution in [0.3, 0.4) is 0 Å². The number of nitrogens with zero attached hydrogens (tertiary/aromatic N) is 3. The summed E-state index contributed by atoms with van der Waals surface area (Å²) < 4.78 is 1.59. The molecule has 6 nitrogen and oxygen atoms in total. The molecule has 0 aliphatic rings. The van der Waals surface area contributed by atoms with Crippen LogP contribution in [0, 0.1) is 10.1 Å². The van der Waals surface area contributed by atoms with Crippen molar-refractivity contribution in [3.05, 3.63) is 91.8 Å². The molecule has 4 aromatic rings. The largest absolute Gasteiger partial charge is 0.294 e. The molecule has 0 saturated heterocycles. The van der Waals surface area contributed by atoms with E-state index in [4.69, 9.17) is 0 Å². The number of non-ortho nitro benzene ring substituents is 1. The molecule has 0 amide bonds. The Morgan fingerprint density at radius 1 is 1.13 bits per heavy atom. The molecule has 152 valence electrons. The summed E-state index contributed by atoms with van der Waals surface area (Å²) in [4.78, 5) is 29.0. The molecule has 0 unspecified atom stereocenters. The van der Waals surface area contributed by atoms with Gasteiger partial charge in [0.25, 0.3) is 11.2 Å². The smallest absolute Gasteiger partial charge is 0.270 e. The molecule has 30 heavy (non-hydrogen) atoms. The zero-order valence-corrected chi connectivity index (χ0v) is 17.8. The lowest BCUT2D eigenvalue weighted by Crippen LogP contribution is -2.21. The van der Waals surface area contributed by atoms with E-state index in [0.29, 0.717) is 27.9 Å². The van der Waals surface area contributed by atoms with Crippen LogP contribution in [0.2, 0.25) is 0 Å². The summed E-state index contributed by atoms with van der Waals surface area (Å²) in [7, 11) is 0. The van der Waals surface area contributed by atoms with Gasteiger partial charge in [-0.15, -0.1) is 11.3 Å². The Hall–Kier alpha value is -3.32. The Labute approximate surface area is 177 Å². The molecule has 4 rings (SSSR count). The third-order valence-corrected chi connectivity index (χ3v) is 5.99. The highest BCUT2D eigenvalue weighted by atomic mass is 32.1. The minimum Gasteiger partial charge on any atom is -0.294 e. The van der Waals surface area contributed by atoms with Crippen molar-refractivity contribution in [1.29, 1.82) is 0 Å². The van der Waals surface area contributed by atoms with Gasteiger partial charge in [-0.1, -0.05) is 57.2 Å². The Morgan fingerprint density at radius 3 is 2.53 bits per heavy atom. The number of hydrogen-bond acceptors (Lipinski definition) is 5. The number of aromatic nitrogens is 2. The minimum absolute atomic E-state index is 0.00463. The SMILES string of the molecule is CC(C)(C)c1ccc(Cn2cnc3scc(-c4cccc([N+](=O)[O-])c4)c3c2=O)cc1. The van der Waals surface area contributed by atoms with E-state index in [1.54, 1.807) is 23.0 Å². The molecule has 0 aliphatic carbocycles. The quantitative estimate of drug-likeness (QED) is 0.329. The highest BCUT2D eigenvalue weighted by molar-refractivity contribution is 7.17. The molecule has 0 saturated carbocycles. The topological polar surface area (TPSA) is 78.0 Å². The van der Waals surface area contributed by atoms with E-state index in [-0.39, 0.29) is 16.7 Å². The standard InChI is InChI=1S/C23H21N3O3S/c1-23(2,3)17-9-7-15(8-10-17)12-25-14-24-21-20(22(25)27)19(13-30-21)16-5-4-6-18(11-16)26(28)29/h4-11,13-14H,12H2,1-3H3. The molecule has 2 heterocycles. The van der Waals surface area contributed by atoms with Crippen molar-refractivity contribution in [2.24, 2.45) is 0 Å². The predicted molar refractivity (Wildman–Crippen MR) is 120 cm³/mol. The summed E-state index contributed by atoms with van der Waals surface area (Å²) in [5.74, 6) is 0. The summed E-state index contributed by atoms with van der Waals surface area (Å²) in [5.41, 5.74) is 3.48. The van der Waals surface area contributed by atoms with E-state index >= 15 is 0 Å². The third kappa shape index (κ3) is 3.76. The summed E-state index contributed by atoms with van der Waals surface area (Å²) in [6.07, 6.45) is 1.57. The Kier molecular flexibility index (Phi) is 4.99. The van der Waals surface area contributed by atoms with Crippen molar-refractivity contribution < 1.29 is 4.92 Å². The van der Waals surface area contributed by atoms with Crippen LogP contribution in [0.5, 0.6) is 0 Å². The molecular weight excluding hydrogens is 398 g/mol. The second kappa shape index (κ2) is 7.50. The molecule has 0 fully saturated rings. The van der Waals surface area contributed by atoms with Crippen LogP contribution < -0.4 is 5.56 Å². The number of nitro groups is 1. The number of rotatable bonds is 4. The van der Waals surface area contributed by atoms with Crippen molar-refractivity contribution in [1.82, 2.24) is 9.55 Å². The Bertz CT molecular complexity index is 1300. The highest BCUT2D eigenvalue weighted by Gasteiger charge is 2.16. The van der Waals surface area contributed by atoms with Gasteiger partial charge >= 0.3 is 0 Å². The van der Waals surface area contributed by atoms with E-state index in [1.807, 2.05) is 17.5 Å². The first kappa shape index (κ1) is 20.0. The van der Waals surface area contributed by atoms with Gasteiger partial charge in [-0.05, 0) is 22.1 Å². The second-order valence-electron chi connectivity index (χ2n) is 8.26. The highest BCUT2D eigenvalue weighted by Crippen LogP contribution is 2.32. The maximum absolute atomic E-state index is 13.2. The Balaban J connectivity index is 1.74. The molecule has 0 radical (unpaired) electrons. The van der Waals surface area contributed by atoms with Crippen molar-refractivity contribution in [3.63, 3.8) is 0 Å². The van der Waals surface area contributed by atoms with Gasteiger partial charge in [-0.3, -0.25) is 19.5 Å². The van der Waals surface area contributed by atoms with E-state index in [1.165, 1.54) is 29.0 Å². The van der Waals surface area contributed by atoms with Crippen molar-refractivity contribution >= 4 is 27.2 Å². The van der Waals surface area contributed by atoms with Crippen LogP contribution in [-0.2, 0) is 12.0 Å². The molecule has 7 heteroatoms. The summed E-state index contributed by atoms with van der Waals surface area (Å²) in [6.45, 7) is 6.90. The lowest BCUT2D eigenvalue weighted by molar-refractivity contribution is -0.384. The maximum Gasteiger partial charge on any atom is 0.270 e. The van der Waals surface area contributed by atoms with Gasteiger partial charge in [-0.25, -0.2) is 4.98 Å². The second-order valence-corrected chi connectivity index (χ2v) is 9.12. The summed E-state index contributed by atoms with van der Waals surface area (Å²) in [6, 6.07) is 14.6. The first-order valence-electron chi connectivity index (χ1n) is 9.55. The van der Waals surface area contributed by atoms with E-state index in [0.717, 1.165) is 5.56 Å². The molecule has 0 N–H and O–H groups in total. The van der Waals surface area contributed by atoms with Crippen molar-refractivity contribution in [2.45, 2.75) is 32.7 Å². The van der Waals surface area contributed by atoms with Gasteiger partial charge in [0, 0.05) is 23.1 Å². The first-order chi connectivity index (χ1) is 14.2. The number of fused-ring (bicyclic) bond motifs is 1. The van der Waals surface area contributed by atoms with Gasteiger partial charge in [-0.2, -0.15) is 0 Å². The van der Waals surface area contributed by atoms with Crippen molar-refractivity contribution in [2.75, 3.05) is 0 Å². The average molecular weight is 420 g/mol. The fourth-order valence-electron chi connectivity index (χ4n) is 3.39. The van der Waals surface area contributed by atoms with Crippen LogP contribution >= 0.6 is 11.3 Å². The number of thiophene rings is 1. The van der Waals surface area contributed by atoms with Crippen LogP contribution in [0.4, 0.5) is 5.69 Å². The molecule has 0 atom stereocenters. The molecule has 0 bridgehead atoms. The molecule has 0 spiro atoms. The Morgan fingerprint density at radius 2 is 1.87 bits per heavy atom. The number of benzene rings is 2. The van der Waals surface area contributed by atoms with Gasteiger partial charge in [0.2, 0.25) is 0 Å². The van der Waals surface area contributed by atoms with Crippen LogP contribution in [0.25, 0.3) is 21.3 Å². The zero-order chi connectivity index (χ0) is 21.5. The lowest BCUT2D eigenvalue weighted by Gasteiger charge is -2.19. The molecule has 2 aromatic heterocycles. The number of nitro benzene ring substituents is 1. The van der Waals surface area contributed by atoms with Gasteiger partial charge in [0.15, 0.2) is 0 Å². The van der Waals surface area contributed by atoms with Crippen LogP contribution in [-0.4, -0.2) is 14.5 Å². The third-order valence-electron chi connectivity index (χ3n) is 5.10. The van der Waals surface area contributed by atoms with Crippen LogP contribution in [0.1, 0.15) is 31.9 Å². The average Bonchev–Trinajstić information content (AvgIpc) is 3.15.